The minimum atomic E-state index is -0.767. The lowest BCUT2D eigenvalue weighted by molar-refractivity contribution is -0.139. The highest BCUT2D eigenvalue weighted by Crippen LogP contribution is 2.25. The molecule has 1 aliphatic heterocycles. The van der Waals surface area contributed by atoms with Crippen molar-refractivity contribution in [3.63, 3.8) is 0 Å². The van der Waals surface area contributed by atoms with Gasteiger partial charge in [-0.1, -0.05) is 19.3 Å². The zero-order valence-electron chi connectivity index (χ0n) is 11.1. The Morgan fingerprint density at radius 3 is 2.32 bits per heavy atom. The van der Waals surface area contributed by atoms with Crippen LogP contribution in [0.5, 0.6) is 0 Å². The maximum atomic E-state index is 12.0. The normalized spacial score (nSPS) is 22.7. The first-order valence-electron chi connectivity index (χ1n) is 6.93. The molecule has 106 valence electrons. The molecule has 0 bridgehead atoms. The second kappa shape index (κ2) is 5.69. The molecular formula is C13H21N3O3. The van der Waals surface area contributed by atoms with Gasteiger partial charge in [0.1, 0.15) is 0 Å². The SMILES string of the molecule is NC1(C(=O)NCCN2C(=O)CCC2=O)CCCCC1. The van der Waals surface area contributed by atoms with E-state index < -0.39 is 5.54 Å². The van der Waals surface area contributed by atoms with Gasteiger partial charge in [0.15, 0.2) is 0 Å². The van der Waals surface area contributed by atoms with E-state index in [1.807, 2.05) is 0 Å². The number of likely N-dealkylation sites (tertiary alicyclic amines) is 1. The fourth-order valence-electron chi connectivity index (χ4n) is 2.74. The number of imide groups is 1. The Labute approximate surface area is 112 Å². The van der Waals surface area contributed by atoms with E-state index in [0.717, 1.165) is 19.3 Å². The molecule has 6 heteroatoms. The number of nitrogens with two attached hydrogens (primary N) is 1. The third-order valence-electron chi connectivity index (χ3n) is 3.97. The number of hydrogen-bond donors (Lipinski definition) is 2. The van der Waals surface area contributed by atoms with Gasteiger partial charge in [-0.3, -0.25) is 19.3 Å². The molecule has 0 spiro atoms. The van der Waals surface area contributed by atoms with Gasteiger partial charge in [-0.05, 0) is 12.8 Å². The standard InChI is InChI=1S/C13H21N3O3/c14-13(6-2-1-3-7-13)12(19)15-8-9-16-10(17)4-5-11(16)18/h1-9,14H2,(H,15,19). The van der Waals surface area contributed by atoms with Crippen LogP contribution < -0.4 is 11.1 Å². The summed E-state index contributed by atoms with van der Waals surface area (Å²) in [6.07, 6.45) is 5.07. The maximum Gasteiger partial charge on any atom is 0.240 e. The lowest BCUT2D eigenvalue weighted by Gasteiger charge is -2.32. The highest BCUT2D eigenvalue weighted by atomic mass is 16.2. The Bertz CT molecular complexity index is 373. The summed E-state index contributed by atoms with van der Waals surface area (Å²) in [5.41, 5.74) is 5.33. The molecule has 3 N–H and O–H groups in total. The third-order valence-corrected chi connectivity index (χ3v) is 3.97. The monoisotopic (exact) mass is 267 g/mol. The molecular weight excluding hydrogens is 246 g/mol. The summed E-state index contributed by atoms with van der Waals surface area (Å²) in [6.45, 7) is 0.536. The number of hydrogen-bond acceptors (Lipinski definition) is 4. The second-order valence-corrected chi connectivity index (χ2v) is 5.41. The lowest BCUT2D eigenvalue weighted by Crippen LogP contribution is -2.56. The van der Waals surface area contributed by atoms with Crippen LogP contribution in [0.1, 0.15) is 44.9 Å². The molecule has 0 radical (unpaired) electrons. The highest BCUT2D eigenvalue weighted by Gasteiger charge is 2.35. The number of nitrogens with one attached hydrogen (secondary N) is 1. The van der Waals surface area contributed by atoms with E-state index in [-0.39, 0.29) is 43.7 Å². The quantitative estimate of drug-likeness (QED) is 0.696. The van der Waals surface area contributed by atoms with Gasteiger partial charge in [-0.25, -0.2) is 0 Å². The summed E-state index contributed by atoms with van der Waals surface area (Å²) in [4.78, 5) is 36.0. The average Bonchev–Trinajstić information content (AvgIpc) is 2.71. The van der Waals surface area contributed by atoms with Crippen molar-refractivity contribution >= 4 is 17.7 Å². The molecule has 1 heterocycles. The van der Waals surface area contributed by atoms with E-state index in [1.165, 1.54) is 4.90 Å². The molecule has 3 amide bonds. The van der Waals surface area contributed by atoms with Crippen molar-refractivity contribution in [3.8, 4) is 0 Å². The van der Waals surface area contributed by atoms with Crippen molar-refractivity contribution in [3.05, 3.63) is 0 Å². The van der Waals surface area contributed by atoms with Crippen LogP contribution in [-0.4, -0.2) is 41.2 Å². The fourth-order valence-corrected chi connectivity index (χ4v) is 2.74. The summed E-state index contributed by atoms with van der Waals surface area (Å²) < 4.78 is 0. The molecule has 0 aromatic heterocycles. The predicted octanol–water partition coefficient (Wildman–Crippen LogP) is -0.0868. The van der Waals surface area contributed by atoms with Crippen LogP contribution in [0, 0.1) is 0 Å². The first-order chi connectivity index (χ1) is 9.03. The van der Waals surface area contributed by atoms with Crippen LogP contribution in [0.4, 0.5) is 0 Å². The Kier molecular flexibility index (Phi) is 4.19. The fraction of sp³-hybridized carbons (Fsp3) is 0.769. The summed E-state index contributed by atoms with van der Waals surface area (Å²) >= 11 is 0. The van der Waals surface area contributed by atoms with Crippen molar-refractivity contribution in [1.29, 1.82) is 0 Å². The second-order valence-electron chi connectivity index (χ2n) is 5.41. The molecule has 1 saturated heterocycles. The van der Waals surface area contributed by atoms with Crippen molar-refractivity contribution in [2.24, 2.45) is 5.73 Å². The first kappa shape index (κ1) is 14.0. The molecule has 2 aliphatic rings. The van der Waals surface area contributed by atoms with Gasteiger partial charge < -0.3 is 11.1 Å². The molecule has 1 saturated carbocycles. The van der Waals surface area contributed by atoms with Crippen molar-refractivity contribution < 1.29 is 14.4 Å². The molecule has 6 nitrogen and oxygen atoms in total. The minimum Gasteiger partial charge on any atom is -0.353 e. The van der Waals surface area contributed by atoms with E-state index in [4.69, 9.17) is 5.73 Å². The van der Waals surface area contributed by atoms with Crippen LogP contribution in [0.3, 0.4) is 0 Å². The van der Waals surface area contributed by atoms with Gasteiger partial charge in [-0.15, -0.1) is 0 Å². The number of nitrogens with zero attached hydrogens (tertiary/aromatic N) is 1. The molecule has 0 aromatic rings. The van der Waals surface area contributed by atoms with Crippen LogP contribution in [0.25, 0.3) is 0 Å². The summed E-state index contributed by atoms with van der Waals surface area (Å²) in [5, 5.41) is 2.75. The first-order valence-corrected chi connectivity index (χ1v) is 6.93. The molecule has 2 rings (SSSR count). The van der Waals surface area contributed by atoms with Crippen LogP contribution in [0.2, 0.25) is 0 Å². The average molecular weight is 267 g/mol. The molecule has 0 atom stereocenters. The summed E-state index contributed by atoms with van der Waals surface area (Å²) in [6, 6.07) is 0. The molecule has 19 heavy (non-hydrogen) atoms. The van der Waals surface area contributed by atoms with Crippen molar-refractivity contribution in [2.45, 2.75) is 50.5 Å². The Balaban J connectivity index is 1.77. The van der Waals surface area contributed by atoms with Gasteiger partial charge in [0, 0.05) is 25.9 Å². The molecule has 0 unspecified atom stereocenters. The minimum absolute atomic E-state index is 0.153. The van der Waals surface area contributed by atoms with E-state index in [1.54, 1.807) is 0 Å². The van der Waals surface area contributed by atoms with Gasteiger partial charge >= 0.3 is 0 Å². The van der Waals surface area contributed by atoms with Crippen LogP contribution in [-0.2, 0) is 14.4 Å². The zero-order chi connectivity index (χ0) is 13.9. The third kappa shape index (κ3) is 3.12. The summed E-state index contributed by atoms with van der Waals surface area (Å²) in [5.74, 6) is -0.468. The van der Waals surface area contributed by atoms with Crippen LogP contribution in [0.15, 0.2) is 0 Å². The highest BCUT2D eigenvalue weighted by molar-refractivity contribution is 6.01. The van der Waals surface area contributed by atoms with Crippen LogP contribution >= 0.6 is 0 Å². The van der Waals surface area contributed by atoms with Gasteiger partial charge in [0.2, 0.25) is 17.7 Å². The number of amides is 3. The summed E-state index contributed by atoms with van der Waals surface area (Å²) in [7, 11) is 0. The maximum absolute atomic E-state index is 12.0. The number of carbonyl (C=O) groups is 3. The van der Waals surface area contributed by atoms with Crippen molar-refractivity contribution in [1.82, 2.24) is 10.2 Å². The zero-order valence-corrected chi connectivity index (χ0v) is 11.1. The van der Waals surface area contributed by atoms with Gasteiger partial charge in [-0.2, -0.15) is 0 Å². The van der Waals surface area contributed by atoms with E-state index >= 15 is 0 Å². The van der Waals surface area contributed by atoms with Gasteiger partial charge in [0.05, 0.1) is 5.54 Å². The largest absolute Gasteiger partial charge is 0.353 e. The lowest BCUT2D eigenvalue weighted by atomic mass is 9.82. The Hall–Kier alpha value is -1.43. The predicted molar refractivity (Wildman–Crippen MR) is 69.0 cm³/mol. The van der Waals surface area contributed by atoms with E-state index in [0.29, 0.717) is 12.8 Å². The topological polar surface area (TPSA) is 92.5 Å². The van der Waals surface area contributed by atoms with Crippen molar-refractivity contribution in [2.75, 3.05) is 13.1 Å². The number of carbonyl (C=O) groups excluding carboxylic acids is 3. The van der Waals surface area contributed by atoms with E-state index in [9.17, 15) is 14.4 Å². The Morgan fingerprint density at radius 1 is 1.16 bits per heavy atom. The molecule has 0 aromatic carbocycles. The van der Waals surface area contributed by atoms with E-state index in [2.05, 4.69) is 5.32 Å². The number of rotatable bonds is 4. The smallest absolute Gasteiger partial charge is 0.240 e. The molecule has 2 fully saturated rings. The molecule has 1 aliphatic carbocycles. The Morgan fingerprint density at radius 2 is 1.74 bits per heavy atom. The van der Waals surface area contributed by atoms with Gasteiger partial charge in [0.25, 0.3) is 0 Å².